The first-order valence-corrected chi connectivity index (χ1v) is 7.59. The molecule has 7 heteroatoms. The number of halogens is 1. The molecular formula is C12H18ClN3O2S. The predicted molar refractivity (Wildman–Crippen MR) is 76.7 cm³/mol. The highest BCUT2D eigenvalue weighted by atomic mass is 35.5. The Kier molecular flexibility index (Phi) is 6.54. The number of amides is 1. The molecule has 0 radical (unpaired) electrons. The molecule has 1 N–H and O–H groups in total. The Balaban J connectivity index is 3.01. The highest BCUT2D eigenvalue weighted by molar-refractivity contribution is 7.98. The molecule has 0 aromatic carbocycles. The van der Waals surface area contributed by atoms with Crippen molar-refractivity contribution in [3.8, 4) is 0 Å². The van der Waals surface area contributed by atoms with Gasteiger partial charge in [-0.05, 0) is 26.5 Å². The lowest BCUT2D eigenvalue weighted by atomic mass is 10.2. The van der Waals surface area contributed by atoms with E-state index in [1.54, 1.807) is 4.90 Å². The van der Waals surface area contributed by atoms with Gasteiger partial charge in [0.15, 0.2) is 10.9 Å². The number of carbonyl (C=O) groups is 1. The number of aliphatic hydroxyl groups is 1. The molecule has 0 aliphatic rings. The van der Waals surface area contributed by atoms with Gasteiger partial charge in [-0.15, -0.1) is 0 Å². The summed E-state index contributed by atoms with van der Waals surface area (Å²) >= 11 is 7.36. The zero-order chi connectivity index (χ0) is 14.4. The Bertz CT molecular complexity index is 443. The average Bonchev–Trinajstić information content (AvgIpc) is 2.39. The summed E-state index contributed by atoms with van der Waals surface area (Å²) in [6.07, 6.45) is 3.81. The number of hydrogen-bond donors (Lipinski definition) is 1. The zero-order valence-corrected chi connectivity index (χ0v) is 12.8. The van der Waals surface area contributed by atoms with Crippen LogP contribution < -0.4 is 0 Å². The van der Waals surface area contributed by atoms with Crippen LogP contribution in [0.1, 0.15) is 30.8 Å². The molecule has 0 fully saturated rings. The van der Waals surface area contributed by atoms with Crippen LogP contribution in [0.4, 0.5) is 0 Å². The van der Waals surface area contributed by atoms with E-state index in [2.05, 4.69) is 9.97 Å². The van der Waals surface area contributed by atoms with Crippen LogP contribution in [0, 0.1) is 0 Å². The zero-order valence-electron chi connectivity index (χ0n) is 11.3. The number of hydrogen-bond acceptors (Lipinski definition) is 5. The second-order valence-corrected chi connectivity index (χ2v) is 5.40. The third-order valence-corrected chi connectivity index (χ3v) is 3.39. The van der Waals surface area contributed by atoms with Crippen molar-refractivity contribution in [1.29, 1.82) is 0 Å². The number of aliphatic hydroxyl groups excluding tert-OH is 1. The minimum atomic E-state index is -0.230. The van der Waals surface area contributed by atoms with Gasteiger partial charge in [0.1, 0.15) is 0 Å². The van der Waals surface area contributed by atoms with Crippen LogP contribution in [-0.2, 0) is 0 Å². The normalized spacial score (nSPS) is 10.8. The van der Waals surface area contributed by atoms with Crippen LogP contribution in [0.3, 0.4) is 0 Å². The van der Waals surface area contributed by atoms with E-state index in [1.165, 1.54) is 18.0 Å². The van der Waals surface area contributed by atoms with Crippen LogP contribution in [0.5, 0.6) is 0 Å². The highest BCUT2D eigenvalue weighted by Crippen LogP contribution is 2.19. The summed E-state index contributed by atoms with van der Waals surface area (Å²) < 4.78 is 0. The van der Waals surface area contributed by atoms with E-state index in [0.29, 0.717) is 18.1 Å². The Labute approximate surface area is 122 Å². The van der Waals surface area contributed by atoms with Gasteiger partial charge < -0.3 is 10.0 Å². The maximum absolute atomic E-state index is 12.4. The molecule has 1 aromatic heterocycles. The minimum absolute atomic E-state index is 0.0165. The van der Waals surface area contributed by atoms with Gasteiger partial charge in [0.25, 0.3) is 5.91 Å². The molecular weight excluding hydrogens is 286 g/mol. The smallest absolute Gasteiger partial charge is 0.274 e. The van der Waals surface area contributed by atoms with Gasteiger partial charge in [-0.3, -0.25) is 4.79 Å². The van der Waals surface area contributed by atoms with Gasteiger partial charge in [-0.1, -0.05) is 23.4 Å². The highest BCUT2D eigenvalue weighted by Gasteiger charge is 2.22. The van der Waals surface area contributed by atoms with Crippen molar-refractivity contribution in [1.82, 2.24) is 14.9 Å². The molecule has 0 spiro atoms. The van der Waals surface area contributed by atoms with E-state index in [1.807, 2.05) is 20.1 Å². The molecule has 1 aromatic rings. The first-order valence-electron chi connectivity index (χ1n) is 5.99. The van der Waals surface area contributed by atoms with Gasteiger partial charge in [-0.25, -0.2) is 9.97 Å². The molecule has 106 valence electrons. The van der Waals surface area contributed by atoms with Crippen molar-refractivity contribution in [2.45, 2.75) is 31.5 Å². The van der Waals surface area contributed by atoms with E-state index in [4.69, 9.17) is 16.7 Å². The second kappa shape index (κ2) is 7.67. The molecule has 5 nitrogen and oxygen atoms in total. The number of carbonyl (C=O) groups excluding carboxylic acids is 1. The maximum atomic E-state index is 12.4. The fraction of sp³-hybridized carbons (Fsp3) is 0.583. The maximum Gasteiger partial charge on any atom is 0.274 e. The molecule has 1 rings (SSSR count). The largest absolute Gasteiger partial charge is 0.396 e. The standard InChI is InChI=1S/C12H18ClN3O2S/c1-8(2)16(5-4-6-17)11(18)10-9(13)7-14-12(15-10)19-3/h7-8,17H,4-6H2,1-3H3. The summed E-state index contributed by atoms with van der Waals surface area (Å²) in [6, 6.07) is 0.0165. The lowest BCUT2D eigenvalue weighted by Crippen LogP contribution is -2.38. The van der Waals surface area contributed by atoms with E-state index in [-0.39, 0.29) is 29.3 Å². The molecule has 19 heavy (non-hydrogen) atoms. The predicted octanol–water partition coefficient (Wildman–Crippen LogP) is 2.08. The Morgan fingerprint density at radius 3 is 2.79 bits per heavy atom. The number of nitrogens with zero attached hydrogens (tertiary/aromatic N) is 3. The Morgan fingerprint density at radius 2 is 2.26 bits per heavy atom. The third-order valence-electron chi connectivity index (χ3n) is 2.55. The fourth-order valence-electron chi connectivity index (χ4n) is 1.57. The lowest BCUT2D eigenvalue weighted by molar-refractivity contribution is 0.0686. The molecule has 0 atom stereocenters. The van der Waals surface area contributed by atoms with Crippen LogP contribution in [0.2, 0.25) is 5.02 Å². The number of aromatic nitrogens is 2. The fourth-order valence-corrected chi connectivity index (χ4v) is 2.08. The van der Waals surface area contributed by atoms with E-state index < -0.39 is 0 Å². The third kappa shape index (κ3) is 4.33. The summed E-state index contributed by atoms with van der Waals surface area (Å²) in [7, 11) is 0. The van der Waals surface area contributed by atoms with Gasteiger partial charge >= 0.3 is 0 Å². The summed E-state index contributed by atoms with van der Waals surface area (Å²) in [5, 5.41) is 9.65. The quantitative estimate of drug-likeness (QED) is 0.644. The lowest BCUT2D eigenvalue weighted by Gasteiger charge is -2.26. The van der Waals surface area contributed by atoms with E-state index in [9.17, 15) is 4.79 Å². The topological polar surface area (TPSA) is 66.3 Å². The molecule has 0 aliphatic carbocycles. The number of rotatable bonds is 6. The molecule has 0 saturated carbocycles. The van der Waals surface area contributed by atoms with Crippen molar-refractivity contribution < 1.29 is 9.90 Å². The Morgan fingerprint density at radius 1 is 1.58 bits per heavy atom. The molecule has 0 aliphatic heterocycles. The monoisotopic (exact) mass is 303 g/mol. The van der Waals surface area contributed by atoms with Crippen LogP contribution in [0.25, 0.3) is 0 Å². The molecule has 1 heterocycles. The van der Waals surface area contributed by atoms with Crippen molar-refractivity contribution in [3.05, 3.63) is 16.9 Å². The average molecular weight is 304 g/mol. The molecule has 0 bridgehead atoms. The van der Waals surface area contributed by atoms with Gasteiger partial charge in [0.2, 0.25) is 0 Å². The van der Waals surface area contributed by atoms with Crippen molar-refractivity contribution in [2.75, 3.05) is 19.4 Å². The first kappa shape index (κ1) is 16.2. The summed E-state index contributed by atoms with van der Waals surface area (Å²) in [6.45, 7) is 4.35. The van der Waals surface area contributed by atoms with Crippen molar-refractivity contribution in [3.63, 3.8) is 0 Å². The van der Waals surface area contributed by atoms with Crippen LogP contribution >= 0.6 is 23.4 Å². The van der Waals surface area contributed by atoms with E-state index in [0.717, 1.165) is 0 Å². The minimum Gasteiger partial charge on any atom is -0.396 e. The summed E-state index contributed by atoms with van der Waals surface area (Å²) in [5.74, 6) is -0.230. The molecule has 1 amide bonds. The van der Waals surface area contributed by atoms with Gasteiger partial charge in [0, 0.05) is 19.2 Å². The van der Waals surface area contributed by atoms with Gasteiger partial charge in [-0.2, -0.15) is 0 Å². The van der Waals surface area contributed by atoms with E-state index >= 15 is 0 Å². The summed E-state index contributed by atoms with van der Waals surface area (Å²) in [5.41, 5.74) is 0.215. The van der Waals surface area contributed by atoms with Crippen molar-refractivity contribution in [2.24, 2.45) is 0 Å². The molecule has 0 saturated heterocycles. The number of thioether (sulfide) groups is 1. The van der Waals surface area contributed by atoms with Crippen LogP contribution in [0.15, 0.2) is 11.4 Å². The first-order chi connectivity index (χ1) is 9.01. The van der Waals surface area contributed by atoms with Crippen molar-refractivity contribution >= 4 is 29.3 Å². The Hall–Kier alpha value is -0.850. The summed E-state index contributed by atoms with van der Waals surface area (Å²) in [4.78, 5) is 22.3. The second-order valence-electron chi connectivity index (χ2n) is 4.22. The van der Waals surface area contributed by atoms with Crippen LogP contribution in [-0.4, -0.2) is 51.3 Å². The van der Waals surface area contributed by atoms with Gasteiger partial charge in [0.05, 0.1) is 11.2 Å². The SMILES string of the molecule is CSc1ncc(Cl)c(C(=O)N(CCCO)C(C)C)n1. The molecule has 0 unspecified atom stereocenters.